The molecule has 4 aromatic rings. The number of amides is 1. The third kappa shape index (κ3) is 4.85. The molecule has 3 aromatic heterocycles. The van der Waals surface area contributed by atoms with E-state index in [1.54, 1.807) is 0 Å². The summed E-state index contributed by atoms with van der Waals surface area (Å²) in [6, 6.07) is 2.43. The Labute approximate surface area is 273 Å². The van der Waals surface area contributed by atoms with Crippen molar-refractivity contribution < 1.29 is 23.0 Å². The molecule has 47 heavy (non-hydrogen) atoms. The van der Waals surface area contributed by atoms with Crippen molar-refractivity contribution in [3.8, 4) is 23.3 Å². The molecule has 0 aliphatic carbocycles. The van der Waals surface area contributed by atoms with E-state index in [0.717, 1.165) is 55.6 Å². The Bertz CT molecular complexity index is 1970. The normalized spacial score (nSPS) is 21.2. The number of nitrogens with one attached hydrogen (secondary N) is 1. The number of carbonyl (C=O) groups excluding carboxylic acids is 1. The number of halogens is 2. The van der Waals surface area contributed by atoms with Crippen LogP contribution in [-0.2, 0) is 22.7 Å². The van der Waals surface area contributed by atoms with E-state index >= 15 is 4.39 Å². The molecular weight excluding hydrogens is 628 g/mol. The smallest absolute Gasteiger partial charge is 0.319 e. The number of hydrogen-bond acceptors (Lipinski definition) is 12. The van der Waals surface area contributed by atoms with Gasteiger partial charge in [-0.25, -0.2) is 8.78 Å². The minimum Gasteiger partial charge on any atom is -0.462 e. The van der Waals surface area contributed by atoms with Gasteiger partial charge in [-0.1, -0.05) is 0 Å². The van der Waals surface area contributed by atoms with Crippen molar-refractivity contribution in [3.05, 3.63) is 34.5 Å². The molecule has 12 nitrogen and oxygen atoms in total. The predicted octanol–water partition coefficient (Wildman–Crippen LogP) is 3.15. The van der Waals surface area contributed by atoms with E-state index in [-0.39, 0.29) is 81.2 Å². The molecule has 4 aliphatic heterocycles. The van der Waals surface area contributed by atoms with Gasteiger partial charge < -0.3 is 30.3 Å². The van der Waals surface area contributed by atoms with Gasteiger partial charge in [-0.3, -0.25) is 14.7 Å². The summed E-state index contributed by atoms with van der Waals surface area (Å²) in [5.74, 6) is -0.621. The number of benzene rings is 1. The number of aromatic nitrogens is 3. The average molecular weight is 662 g/mol. The molecule has 2 bridgehead atoms. The number of nitrogen functional groups attached to an aromatic ring is 1. The molecule has 0 spiro atoms. The van der Waals surface area contributed by atoms with Crippen LogP contribution in [0.1, 0.15) is 36.5 Å². The lowest BCUT2D eigenvalue weighted by Gasteiger charge is -2.37. The van der Waals surface area contributed by atoms with Crippen LogP contribution in [0.15, 0.2) is 6.20 Å². The minimum atomic E-state index is -0.671. The lowest BCUT2D eigenvalue weighted by atomic mass is 9.93. The summed E-state index contributed by atoms with van der Waals surface area (Å²) in [4.78, 5) is 32.5. The summed E-state index contributed by atoms with van der Waals surface area (Å²) in [6.07, 6.45) is 2.98. The Hall–Kier alpha value is -4.23. The van der Waals surface area contributed by atoms with Gasteiger partial charge in [-0.15, -0.1) is 11.3 Å². The SMILES string of the molecule is CCN1CCN(CCOc2nc(N3C4CCC3CNC4)c3c4c(c(-c5ncc(F)c6sc(N)c(C#N)c56)c(F)c3n2)COC4)CC1=O. The monoisotopic (exact) mass is 661 g/mol. The molecule has 0 saturated carbocycles. The quantitative estimate of drug-likeness (QED) is 0.301. The molecular formula is C32H33F2N9O3S. The molecule has 0 radical (unpaired) electrons. The van der Waals surface area contributed by atoms with Crippen molar-refractivity contribution >= 4 is 49.1 Å². The number of nitrogens with two attached hydrogens (primary N) is 1. The predicted molar refractivity (Wildman–Crippen MR) is 172 cm³/mol. The number of piperazine rings is 2. The van der Waals surface area contributed by atoms with E-state index in [9.17, 15) is 14.4 Å². The van der Waals surface area contributed by atoms with Crippen LogP contribution in [0.25, 0.3) is 32.2 Å². The number of fused-ring (bicyclic) bond motifs is 6. The number of nitrogens with zero attached hydrogens (tertiary/aromatic N) is 7. The van der Waals surface area contributed by atoms with Gasteiger partial charge in [0, 0.05) is 62.3 Å². The van der Waals surface area contributed by atoms with E-state index in [4.69, 9.17) is 20.2 Å². The standard InChI is InChI=1S/C32H33F2N9O3S/c1-2-42-6-5-41(13-22(42)44)7-8-46-32-39-28-25(31(40-32)43-16-3-4-17(43)11-37-10-16)20-15-45-14-19(20)23(26(28)34)27-24-18(9-35)30(36)47-29(24)21(33)12-38-27/h12,16-17,37H,2-8,10-11,13-15,36H2,1H3. The highest BCUT2D eigenvalue weighted by atomic mass is 32.1. The Morgan fingerprint density at radius 3 is 2.70 bits per heavy atom. The van der Waals surface area contributed by atoms with Crippen LogP contribution in [0.4, 0.5) is 19.6 Å². The van der Waals surface area contributed by atoms with Crippen LogP contribution in [-0.4, -0.2) is 95.2 Å². The molecule has 2 atom stereocenters. The summed E-state index contributed by atoms with van der Waals surface area (Å²) in [7, 11) is 0. The third-order valence-electron chi connectivity index (χ3n) is 9.84. The first kappa shape index (κ1) is 30.1. The lowest BCUT2D eigenvalue weighted by Crippen LogP contribution is -2.52. The van der Waals surface area contributed by atoms with Crippen molar-refractivity contribution in [1.82, 2.24) is 30.1 Å². The maximum Gasteiger partial charge on any atom is 0.319 e. The maximum atomic E-state index is 17.2. The van der Waals surface area contributed by atoms with Crippen molar-refractivity contribution in [2.24, 2.45) is 0 Å². The summed E-state index contributed by atoms with van der Waals surface area (Å²) >= 11 is 0.935. The lowest BCUT2D eigenvalue weighted by molar-refractivity contribution is -0.135. The molecule has 8 rings (SSSR count). The van der Waals surface area contributed by atoms with Gasteiger partial charge in [-0.2, -0.15) is 15.2 Å². The molecule has 2 unspecified atom stereocenters. The number of rotatable bonds is 7. The van der Waals surface area contributed by atoms with Crippen LogP contribution < -0.4 is 20.7 Å². The number of hydrogen-bond donors (Lipinski definition) is 2. The fraction of sp³-hybridized carbons (Fsp3) is 0.469. The summed E-state index contributed by atoms with van der Waals surface area (Å²) in [5, 5.41) is 14.3. The number of pyridine rings is 1. The van der Waals surface area contributed by atoms with Crippen molar-refractivity contribution in [2.75, 3.05) is 63.1 Å². The topological polar surface area (TPSA) is 146 Å². The van der Waals surface area contributed by atoms with E-state index in [2.05, 4.69) is 26.3 Å². The van der Waals surface area contributed by atoms with Crippen LogP contribution in [0, 0.1) is 23.0 Å². The van der Waals surface area contributed by atoms with Crippen molar-refractivity contribution in [2.45, 2.75) is 45.1 Å². The Morgan fingerprint density at radius 2 is 1.96 bits per heavy atom. The molecule has 4 aliphatic rings. The number of likely N-dealkylation sites (N-methyl/N-ethyl adjacent to an activating group) is 1. The van der Waals surface area contributed by atoms with Gasteiger partial charge >= 0.3 is 6.01 Å². The Morgan fingerprint density at radius 1 is 1.17 bits per heavy atom. The Balaban J connectivity index is 1.27. The van der Waals surface area contributed by atoms with Gasteiger partial charge in [0.05, 0.1) is 47.3 Å². The zero-order valence-corrected chi connectivity index (χ0v) is 26.6. The second kappa shape index (κ2) is 11.8. The van der Waals surface area contributed by atoms with Gasteiger partial charge in [-0.05, 0) is 30.9 Å². The van der Waals surface area contributed by atoms with E-state index < -0.39 is 11.6 Å². The van der Waals surface area contributed by atoms with Crippen LogP contribution >= 0.6 is 11.3 Å². The van der Waals surface area contributed by atoms with Gasteiger partial charge in [0.2, 0.25) is 5.91 Å². The van der Waals surface area contributed by atoms with Crippen molar-refractivity contribution in [3.63, 3.8) is 0 Å². The maximum absolute atomic E-state index is 17.2. The number of thiophene rings is 1. The molecule has 3 fully saturated rings. The highest BCUT2D eigenvalue weighted by Crippen LogP contribution is 2.47. The second-order valence-electron chi connectivity index (χ2n) is 12.4. The summed E-state index contributed by atoms with van der Waals surface area (Å²) < 4.78 is 44.3. The molecule has 3 N–H and O–H groups in total. The fourth-order valence-electron chi connectivity index (χ4n) is 7.55. The van der Waals surface area contributed by atoms with Crippen LogP contribution in [0.2, 0.25) is 0 Å². The summed E-state index contributed by atoms with van der Waals surface area (Å²) in [5.41, 5.74) is 7.75. The van der Waals surface area contributed by atoms with E-state index in [0.29, 0.717) is 42.9 Å². The molecule has 1 amide bonds. The van der Waals surface area contributed by atoms with Gasteiger partial charge in [0.15, 0.2) is 11.6 Å². The average Bonchev–Trinajstić information content (AvgIpc) is 3.75. The van der Waals surface area contributed by atoms with Gasteiger partial charge in [0.25, 0.3) is 0 Å². The van der Waals surface area contributed by atoms with E-state index in [1.165, 1.54) is 0 Å². The second-order valence-corrected chi connectivity index (χ2v) is 13.4. The molecule has 1 aromatic carbocycles. The number of ether oxygens (including phenoxy) is 2. The largest absolute Gasteiger partial charge is 0.462 e. The fourth-order valence-corrected chi connectivity index (χ4v) is 8.47. The molecule has 7 heterocycles. The number of anilines is 2. The molecule has 3 saturated heterocycles. The highest BCUT2D eigenvalue weighted by Gasteiger charge is 2.40. The van der Waals surface area contributed by atoms with E-state index in [1.807, 2.05) is 16.7 Å². The zero-order valence-electron chi connectivity index (χ0n) is 25.8. The van der Waals surface area contributed by atoms with Crippen LogP contribution in [0.5, 0.6) is 6.01 Å². The highest BCUT2D eigenvalue weighted by molar-refractivity contribution is 7.23. The zero-order chi connectivity index (χ0) is 32.4. The first-order chi connectivity index (χ1) is 22.9. The first-order valence-corrected chi connectivity index (χ1v) is 16.7. The summed E-state index contributed by atoms with van der Waals surface area (Å²) in [6.45, 7) is 6.92. The first-order valence-electron chi connectivity index (χ1n) is 15.9. The minimum absolute atomic E-state index is 0.0300. The molecule has 15 heteroatoms. The number of nitriles is 1. The Kier molecular flexibility index (Phi) is 7.55. The third-order valence-corrected chi connectivity index (χ3v) is 10.9. The molecule has 244 valence electrons. The van der Waals surface area contributed by atoms with Crippen LogP contribution in [0.3, 0.4) is 0 Å². The number of carbonyl (C=O) groups is 1. The van der Waals surface area contributed by atoms with Crippen molar-refractivity contribution in [1.29, 1.82) is 5.26 Å². The van der Waals surface area contributed by atoms with Gasteiger partial charge in [0.1, 0.15) is 29.0 Å².